The van der Waals surface area contributed by atoms with E-state index in [1.54, 1.807) is 4.90 Å². The molecule has 2 heterocycles. The molecule has 2 aliphatic heterocycles. The molecule has 2 unspecified atom stereocenters. The highest BCUT2D eigenvalue weighted by molar-refractivity contribution is 6.45. The third-order valence-corrected chi connectivity index (χ3v) is 5.31. The Morgan fingerprint density at radius 1 is 1.00 bits per heavy atom. The molecule has 2 aromatic rings. The predicted octanol–water partition coefficient (Wildman–Crippen LogP) is 3.27. The standard InChI is InChI=1S/C22H19F2N3O5/c1-12-10-25(11-13(2)32-12)20-19(14-3-6-16(7-4-14)27(30)31)21(28)26(22(20)29)18-9-15(23)5-8-17(18)24/h3-9,12-13H,10-11H2,1-2H3. The SMILES string of the molecule is CC1CN(C2=C(c3ccc([N+](=O)[O-])cc3)C(=O)N(c3cc(F)ccc3F)C2=O)CC(C)O1. The van der Waals surface area contributed by atoms with Crippen molar-refractivity contribution in [1.29, 1.82) is 0 Å². The monoisotopic (exact) mass is 443 g/mol. The Kier molecular flexibility index (Phi) is 5.47. The van der Waals surface area contributed by atoms with Gasteiger partial charge in [0.05, 0.1) is 28.4 Å². The van der Waals surface area contributed by atoms with E-state index in [1.807, 2.05) is 13.8 Å². The zero-order valence-electron chi connectivity index (χ0n) is 17.2. The van der Waals surface area contributed by atoms with Gasteiger partial charge in [0.2, 0.25) is 0 Å². The first-order chi connectivity index (χ1) is 15.2. The summed E-state index contributed by atoms with van der Waals surface area (Å²) in [6, 6.07) is 7.66. The van der Waals surface area contributed by atoms with Crippen LogP contribution < -0.4 is 4.90 Å². The maximum absolute atomic E-state index is 14.5. The summed E-state index contributed by atoms with van der Waals surface area (Å²) in [5, 5.41) is 11.0. The highest BCUT2D eigenvalue weighted by Crippen LogP contribution is 2.37. The molecule has 166 valence electrons. The number of non-ortho nitro benzene ring substituents is 1. The number of rotatable bonds is 4. The second-order valence-electron chi connectivity index (χ2n) is 7.73. The Hall–Kier alpha value is -3.66. The molecule has 0 bridgehead atoms. The van der Waals surface area contributed by atoms with Crippen molar-refractivity contribution in [3.63, 3.8) is 0 Å². The van der Waals surface area contributed by atoms with E-state index in [0.717, 1.165) is 18.2 Å². The van der Waals surface area contributed by atoms with E-state index in [1.165, 1.54) is 24.3 Å². The molecule has 0 N–H and O–H groups in total. The second-order valence-corrected chi connectivity index (χ2v) is 7.73. The third-order valence-electron chi connectivity index (χ3n) is 5.31. The molecule has 2 aliphatic rings. The van der Waals surface area contributed by atoms with E-state index in [-0.39, 0.29) is 34.7 Å². The van der Waals surface area contributed by atoms with Crippen LogP contribution in [0.5, 0.6) is 0 Å². The van der Waals surface area contributed by atoms with Crippen LogP contribution in [0.3, 0.4) is 0 Å². The summed E-state index contributed by atoms with van der Waals surface area (Å²) in [5.74, 6) is -3.37. The van der Waals surface area contributed by atoms with Crippen molar-refractivity contribution in [2.24, 2.45) is 0 Å². The number of nitrogens with zero attached hydrogens (tertiary/aromatic N) is 3. The summed E-state index contributed by atoms with van der Waals surface area (Å²) in [6.45, 7) is 4.24. The summed E-state index contributed by atoms with van der Waals surface area (Å²) in [4.78, 5) is 39.5. The fourth-order valence-electron chi connectivity index (χ4n) is 4.06. The number of nitro benzene ring substituents is 1. The third kappa shape index (κ3) is 3.73. The quantitative estimate of drug-likeness (QED) is 0.409. The molecular weight excluding hydrogens is 424 g/mol. The van der Waals surface area contributed by atoms with E-state index >= 15 is 0 Å². The lowest BCUT2D eigenvalue weighted by atomic mass is 10.0. The van der Waals surface area contributed by atoms with Gasteiger partial charge in [-0.1, -0.05) is 0 Å². The van der Waals surface area contributed by atoms with E-state index in [9.17, 15) is 28.5 Å². The molecule has 0 radical (unpaired) electrons. The van der Waals surface area contributed by atoms with Gasteiger partial charge in [-0.3, -0.25) is 19.7 Å². The first-order valence-electron chi connectivity index (χ1n) is 9.90. The largest absolute Gasteiger partial charge is 0.372 e. The Morgan fingerprint density at radius 2 is 1.62 bits per heavy atom. The predicted molar refractivity (Wildman–Crippen MR) is 110 cm³/mol. The number of hydrogen-bond donors (Lipinski definition) is 0. The summed E-state index contributed by atoms with van der Waals surface area (Å²) in [6.07, 6.45) is -0.487. The van der Waals surface area contributed by atoms with E-state index < -0.39 is 34.1 Å². The number of amides is 2. The van der Waals surface area contributed by atoms with Crippen LogP contribution >= 0.6 is 0 Å². The van der Waals surface area contributed by atoms with Gasteiger partial charge in [-0.2, -0.15) is 0 Å². The number of anilines is 1. The number of morpholine rings is 1. The first-order valence-corrected chi connectivity index (χ1v) is 9.90. The minimum atomic E-state index is -0.930. The smallest absolute Gasteiger partial charge is 0.282 e. The van der Waals surface area contributed by atoms with Crippen LogP contribution in [-0.4, -0.2) is 46.9 Å². The Labute approximate surface area is 181 Å². The van der Waals surface area contributed by atoms with Crippen molar-refractivity contribution in [1.82, 2.24) is 4.90 Å². The zero-order valence-corrected chi connectivity index (χ0v) is 17.2. The number of halogens is 2. The molecule has 2 aromatic carbocycles. The molecule has 8 nitrogen and oxygen atoms in total. The second kappa shape index (κ2) is 8.12. The minimum absolute atomic E-state index is 0.0227. The van der Waals surface area contributed by atoms with Crippen molar-refractivity contribution in [2.45, 2.75) is 26.1 Å². The van der Waals surface area contributed by atoms with E-state index in [4.69, 9.17) is 4.74 Å². The average molecular weight is 443 g/mol. The molecule has 1 saturated heterocycles. The van der Waals surface area contributed by atoms with Gasteiger partial charge >= 0.3 is 0 Å². The van der Waals surface area contributed by atoms with Gasteiger partial charge in [0.25, 0.3) is 17.5 Å². The molecule has 0 aliphatic carbocycles. The summed E-state index contributed by atoms with van der Waals surface area (Å²) >= 11 is 0. The highest BCUT2D eigenvalue weighted by Gasteiger charge is 2.44. The average Bonchev–Trinajstić information content (AvgIpc) is 2.99. The fourth-order valence-corrected chi connectivity index (χ4v) is 4.06. The molecular formula is C22H19F2N3O5. The lowest BCUT2D eigenvalue weighted by Gasteiger charge is -2.37. The minimum Gasteiger partial charge on any atom is -0.372 e. The first kappa shape index (κ1) is 21.6. The summed E-state index contributed by atoms with van der Waals surface area (Å²) in [5.41, 5.74) is -0.433. The lowest BCUT2D eigenvalue weighted by molar-refractivity contribution is -0.384. The van der Waals surface area contributed by atoms with Gasteiger partial charge in [0.1, 0.15) is 17.3 Å². The zero-order chi connectivity index (χ0) is 23.2. The van der Waals surface area contributed by atoms with Crippen molar-refractivity contribution < 1.29 is 28.0 Å². The van der Waals surface area contributed by atoms with Gasteiger partial charge in [-0.25, -0.2) is 13.7 Å². The molecule has 0 aromatic heterocycles. The van der Waals surface area contributed by atoms with Gasteiger partial charge in [-0.15, -0.1) is 0 Å². The molecule has 2 atom stereocenters. The lowest BCUT2D eigenvalue weighted by Crippen LogP contribution is -2.47. The number of benzene rings is 2. The number of nitro groups is 1. The number of ether oxygens (including phenoxy) is 1. The molecule has 4 rings (SSSR count). The molecule has 32 heavy (non-hydrogen) atoms. The topological polar surface area (TPSA) is 93.0 Å². The van der Waals surface area contributed by atoms with E-state index in [2.05, 4.69) is 0 Å². The fraction of sp³-hybridized carbons (Fsp3) is 0.273. The van der Waals surface area contributed by atoms with Crippen LogP contribution in [0.25, 0.3) is 5.57 Å². The normalized spacial score (nSPS) is 21.5. The summed E-state index contributed by atoms with van der Waals surface area (Å²) in [7, 11) is 0. The van der Waals surface area contributed by atoms with Gasteiger partial charge in [0.15, 0.2) is 0 Å². The van der Waals surface area contributed by atoms with Gasteiger partial charge in [-0.05, 0) is 43.7 Å². The van der Waals surface area contributed by atoms with E-state index in [0.29, 0.717) is 18.0 Å². The summed E-state index contributed by atoms with van der Waals surface area (Å²) < 4.78 is 34.0. The van der Waals surface area contributed by atoms with Crippen LogP contribution in [0.4, 0.5) is 20.2 Å². The number of imide groups is 1. The molecule has 2 amide bonds. The Bertz CT molecular complexity index is 1140. The Morgan fingerprint density at radius 3 is 2.22 bits per heavy atom. The van der Waals surface area contributed by atoms with Crippen LogP contribution in [0.2, 0.25) is 0 Å². The van der Waals surface area contributed by atoms with Crippen LogP contribution in [-0.2, 0) is 14.3 Å². The molecule has 10 heteroatoms. The number of carbonyl (C=O) groups is 2. The van der Waals surface area contributed by atoms with Crippen LogP contribution in [0, 0.1) is 21.7 Å². The van der Waals surface area contributed by atoms with Crippen molar-refractivity contribution >= 4 is 28.8 Å². The Balaban J connectivity index is 1.86. The number of carbonyl (C=O) groups excluding carboxylic acids is 2. The van der Waals surface area contributed by atoms with Crippen molar-refractivity contribution in [3.05, 3.63) is 75.5 Å². The van der Waals surface area contributed by atoms with Crippen LogP contribution in [0.15, 0.2) is 48.2 Å². The van der Waals surface area contributed by atoms with Gasteiger partial charge in [0, 0.05) is 31.3 Å². The maximum Gasteiger partial charge on any atom is 0.282 e. The van der Waals surface area contributed by atoms with Gasteiger partial charge < -0.3 is 9.64 Å². The number of hydrogen-bond acceptors (Lipinski definition) is 6. The van der Waals surface area contributed by atoms with Crippen molar-refractivity contribution in [3.8, 4) is 0 Å². The van der Waals surface area contributed by atoms with Crippen LogP contribution in [0.1, 0.15) is 19.4 Å². The molecule has 1 fully saturated rings. The van der Waals surface area contributed by atoms with Crippen molar-refractivity contribution in [2.75, 3.05) is 18.0 Å². The molecule has 0 saturated carbocycles. The highest BCUT2D eigenvalue weighted by atomic mass is 19.1. The molecule has 0 spiro atoms. The maximum atomic E-state index is 14.5.